The lowest BCUT2D eigenvalue weighted by Crippen LogP contribution is -2.39. The van der Waals surface area contributed by atoms with E-state index in [0.29, 0.717) is 34.8 Å². The normalized spacial score (nSPS) is 12.1. The zero-order valence-electron chi connectivity index (χ0n) is 14.7. The Labute approximate surface area is 159 Å². The van der Waals surface area contributed by atoms with Crippen molar-refractivity contribution in [1.82, 2.24) is 25.3 Å². The van der Waals surface area contributed by atoms with Crippen LogP contribution in [0.3, 0.4) is 0 Å². The van der Waals surface area contributed by atoms with Crippen molar-refractivity contribution in [2.45, 2.75) is 13.0 Å². The van der Waals surface area contributed by atoms with Crippen molar-refractivity contribution in [2.24, 2.45) is 0 Å². The van der Waals surface area contributed by atoms with E-state index in [4.69, 9.17) is 16.3 Å². The van der Waals surface area contributed by atoms with Crippen LogP contribution >= 0.6 is 11.6 Å². The summed E-state index contributed by atoms with van der Waals surface area (Å²) in [6.45, 7) is 2.36. The second kappa shape index (κ2) is 8.28. The van der Waals surface area contributed by atoms with E-state index in [1.165, 1.54) is 6.20 Å². The summed E-state index contributed by atoms with van der Waals surface area (Å²) < 4.78 is 19.0. The highest BCUT2D eigenvalue weighted by atomic mass is 35.5. The second-order valence-electron chi connectivity index (χ2n) is 5.79. The number of ether oxygens (including phenoxy) is 1. The molecule has 3 N–H and O–H groups in total. The Morgan fingerprint density at radius 2 is 2.22 bits per heavy atom. The molecule has 0 radical (unpaired) electrons. The van der Waals surface area contributed by atoms with E-state index in [1.54, 1.807) is 26.3 Å². The van der Waals surface area contributed by atoms with Gasteiger partial charge in [-0.1, -0.05) is 11.6 Å². The molecule has 3 rings (SSSR count). The number of fused-ring (bicyclic) bond motifs is 1. The van der Waals surface area contributed by atoms with Crippen LogP contribution in [-0.2, 0) is 9.53 Å². The molecular weight excluding hydrogens is 375 g/mol. The first-order valence-electron chi connectivity index (χ1n) is 8.18. The molecule has 1 amide bonds. The van der Waals surface area contributed by atoms with E-state index in [9.17, 15) is 9.18 Å². The van der Waals surface area contributed by atoms with Gasteiger partial charge in [-0.3, -0.25) is 4.79 Å². The summed E-state index contributed by atoms with van der Waals surface area (Å²) >= 11 is 6.00. The topological polar surface area (TPSA) is 105 Å². The van der Waals surface area contributed by atoms with Gasteiger partial charge in [0.2, 0.25) is 5.91 Å². The summed E-state index contributed by atoms with van der Waals surface area (Å²) in [6.07, 6.45) is 4.25. The van der Waals surface area contributed by atoms with Crippen LogP contribution in [0.25, 0.3) is 22.4 Å². The van der Waals surface area contributed by atoms with Gasteiger partial charge in [-0.2, -0.15) is 0 Å². The molecule has 10 heteroatoms. The number of methoxy groups -OCH3 is 1. The molecule has 0 aromatic carbocycles. The lowest BCUT2D eigenvalue weighted by Gasteiger charge is -2.15. The molecule has 0 aliphatic carbocycles. The SMILES string of the molecule is COCCNC(=O)[C@H](C)Nc1nc(-c2c[nH]c3ncc(Cl)cc23)ncc1F. The van der Waals surface area contributed by atoms with Crippen LogP contribution in [0.5, 0.6) is 0 Å². The number of amides is 1. The molecule has 1 atom stereocenters. The van der Waals surface area contributed by atoms with Gasteiger partial charge in [0.25, 0.3) is 0 Å². The number of halogens is 2. The minimum absolute atomic E-state index is 0.0706. The molecule has 3 heterocycles. The van der Waals surface area contributed by atoms with Crippen LogP contribution < -0.4 is 10.6 Å². The quantitative estimate of drug-likeness (QED) is 0.533. The summed E-state index contributed by atoms with van der Waals surface area (Å²) in [6, 6.07) is 1.03. The number of nitrogens with zero attached hydrogens (tertiary/aromatic N) is 3. The molecule has 0 saturated carbocycles. The van der Waals surface area contributed by atoms with E-state index in [0.717, 1.165) is 6.20 Å². The third kappa shape index (κ3) is 4.32. The Bertz CT molecular complexity index is 964. The molecule has 0 fully saturated rings. The summed E-state index contributed by atoms with van der Waals surface area (Å²) in [5.41, 5.74) is 1.24. The first-order chi connectivity index (χ1) is 13.0. The van der Waals surface area contributed by atoms with Crippen molar-refractivity contribution in [2.75, 3.05) is 25.6 Å². The Kier molecular flexibility index (Phi) is 5.82. The fraction of sp³-hybridized carbons (Fsp3) is 0.294. The van der Waals surface area contributed by atoms with Crippen LogP contribution in [0.4, 0.5) is 10.2 Å². The van der Waals surface area contributed by atoms with Gasteiger partial charge in [0.1, 0.15) is 11.7 Å². The molecule has 3 aromatic rings. The average molecular weight is 393 g/mol. The number of anilines is 1. The Morgan fingerprint density at radius 1 is 1.41 bits per heavy atom. The fourth-order valence-electron chi connectivity index (χ4n) is 2.46. The molecule has 0 unspecified atom stereocenters. The number of carbonyl (C=O) groups excluding carboxylic acids is 1. The Morgan fingerprint density at radius 3 is 3.00 bits per heavy atom. The molecule has 27 heavy (non-hydrogen) atoms. The van der Waals surface area contributed by atoms with Crippen LogP contribution in [0, 0.1) is 5.82 Å². The summed E-state index contributed by atoms with van der Waals surface area (Å²) in [5, 5.41) is 6.62. The monoisotopic (exact) mass is 392 g/mol. The first kappa shape index (κ1) is 19.0. The van der Waals surface area contributed by atoms with Gasteiger partial charge < -0.3 is 20.4 Å². The van der Waals surface area contributed by atoms with Gasteiger partial charge in [-0.15, -0.1) is 0 Å². The maximum atomic E-state index is 14.1. The lowest BCUT2D eigenvalue weighted by molar-refractivity contribution is -0.121. The predicted molar refractivity (Wildman–Crippen MR) is 100 cm³/mol. The van der Waals surface area contributed by atoms with Gasteiger partial charge in [-0.05, 0) is 13.0 Å². The number of H-pyrrole nitrogens is 1. The standard InChI is InChI=1S/C17H18ClFN6O2/c1-9(17(26)20-3-4-27-2)24-16-13(19)8-23-15(25-16)12-7-22-14-11(12)5-10(18)6-21-14/h5-9H,3-4H2,1-2H3,(H,20,26)(H,21,22)(H,23,24,25)/t9-/m0/s1. The average Bonchev–Trinajstić information content (AvgIpc) is 3.06. The van der Waals surface area contributed by atoms with Crippen molar-refractivity contribution >= 4 is 34.4 Å². The third-order valence-corrected chi connectivity index (χ3v) is 4.04. The molecule has 142 valence electrons. The van der Waals surface area contributed by atoms with Crippen LogP contribution in [0.15, 0.2) is 24.7 Å². The van der Waals surface area contributed by atoms with E-state index < -0.39 is 11.9 Å². The van der Waals surface area contributed by atoms with Gasteiger partial charge in [-0.25, -0.2) is 19.3 Å². The molecule has 3 aromatic heterocycles. The molecule has 0 saturated heterocycles. The minimum Gasteiger partial charge on any atom is -0.383 e. The Balaban J connectivity index is 1.84. The van der Waals surface area contributed by atoms with Crippen molar-refractivity contribution in [3.63, 3.8) is 0 Å². The van der Waals surface area contributed by atoms with Gasteiger partial charge >= 0.3 is 0 Å². The van der Waals surface area contributed by atoms with Crippen molar-refractivity contribution in [3.05, 3.63) is 35.5 Å². The van der Waals surface area contributed by atoms with Crippen LogP contribution in [0.1, 0.15) is 6.92 Å². The maximum Gasteiger partial charge on any atom is 0.242 e. The fourth-order valence-corrected chi connectivity index (χ4v) is 2.62. The van der Waals surface area contributed by atoms with Gasteiger partial charge in [0, 0.05) is 37.0 Å². The third-order valence-electron chi connectivity index (χ3n) is 3.83. The number of hydrogen-bond donors (Lipinski definition) is 3. The van der Waals surface area contributed by atoms with Crippen molar-refractivity contribution < 1.29 is 13.9 Å². The number of pyridine rings is 1. The maximum absolute atomic E-state index is 14.1. The number of carbonyl (C=O) groups is 1. The molecule has 0 spiro atoms. The van der Waals surface area contributed by atoms with E-state index in [2.05, 4.69) is 30.6 Å². The molecular formula is C17H18ClFN6O2. The molecule has 0 bridgehead atoms. The predicted octanol–water partition coefficient (Wildman–Crippen LogP) is 2.38. The highest BCUT2D eigenvalue weighted by molar-refractivity contribution is 6.31. The summed E-state index contributed by atoms with van der Waals surface area (Å²) in [7, 11) is 1.54. The first-order valence-corrected chi connectivity index (χ1v) is 8.56. The zero-order valence-corrected chi connectivity index (χ0v) is 15.5. The molecule has 0 aliphatic rings. The number of nitrogens with one attached hydrogen (secondary N) is 3. The smallest absolute Gasteiger partial charge is 0.242 e. The molecule has 8 nitrogen and oxygen atoms in total. The summed E-state index contributed by atoms with van der Waals surface area (Å²) in [5.74, 6) is -0.749. The van der Waals surface area contributed by atoms with Crippen molar-refractivity contribution in [3.8, 4) is 11.4 Å². The van der Waals surface area contributed by atoms with Gasteiger partial charge in [0.15, 0.2) is 17.5 Å². The zero-order chi connectivity index (χ0) is 19.4. The number of aromatic nitrogens is 4. The highest BCUT2D eigenvalue weighted by Crippen LogP contribution is 2.28. The van der Waals surface area contributed by atoms with Crippen molar-refractivity contribution in [1.29, 1.82) is 0 Å². The van der Waals surface area contributed by atoms with E-state index in [-0.39, 0.29) is 17.5 Å². The summed E-state index contributed by atoms with van der Waals surface area (Å²) in [4.78, 5) is 27.5. The van der Waals surface area contributed by atoms with E-state index >= 15 is 0 Å². The molecule has 0 aliphatic heterocycles. The number of aromatic amines is 1. The second-order valence-corrected chi connectivity index (χ2v) is 6.23. The number of hydrogen-bond acceptors (Lipinski definition) is 6. The van der Waals surface area contributed by atoms with Gasteiger partial charge in [0.05, 0.1) is 17.8 Å². The largest absolute Gasteiger partial charge is 0.383 e. The van der Waals surface area contributed by atoms with Crippen LogP contribution in [-0.4, -0.2) is 52.1 Å². The van der Waals surface area contributed by atoms with Crippen LogP contribution in [0.2, 0.25) is 5.02 Å². The highest BCUT2D eigenvalue weighted by Gasteiger charge is 2.18. The van der Waals surface area contributed by atoms with E-state index in [1.807, 2.05) is 0 Å². The minimum atomic E-state index is -0.696. The Hall–Kier alpha value is -2.78. The number of rotatable bonds is 7. The lowest BCUT2D eigenvalue weighted by atomic mass is 10.2.